The van der Waals surface area contributed by atoms with Gasteiger partial charge in [0.25, 0.3) is 0 Å². The molecule has 5 heteroatoms. The lowest BCUT2D eigenvalue weighted by molar-refractivity contribution is -0.138. The highest BCUT2D eigenvalue weighted by Gasteiger charge is 2.11. The zero-order valence-corrected chi connectivity index (χ0v) is 12.4. The van der Waals surface area contributed by atoms with Gasteiger partial charge in [-0.05, 0) is 44.0 Å². The Hall–Kier alpha value is -1.62. The van der Waals surface area contributed by atoms with E-state index in [4.69, 9.17) is 4.74 Å². The Morgan fingerprint density at radius 2 is 1.68 bits per heavy atom. The zero-order valence-electron chi connectivity index (χ0n) is 11.6. The minimum atomic E-state index is -3.20. The topological polar surface area (TPSA) is 60.4 Å². The van der Waals surface area contributed by atoms with Gasteiger partial charge in [-0.15, -0.1) is 0 Å². The van der Waals surface area contributed by atoms with Crippen LogP contribution in [0, 0.1) is 0 Å². The van der Waals surface area contributed by atoms with E-state index in [1.165, 1.54) is 12.1 Å². The van der Waals surface area contributed by atoms with Gasteiger partial charge in [-0.25, -0.2) is 13.2 Å². The van der Waals surface area contributed by atoms with Crippen LogP contribution in [0.25, 0.3) is 5.57 Å². The summed E-state index contributed by atoms with van der Waals surface area (Å²) in [5.74, 6) is -0.354. The molecule has 19 heavy (non-hydrogen) atoms. The molecule has 1 aromatic carbocycles. The van der Waals surface area contributed by atoms with Crippen LogP contribution in [0.3, 0.4) is 0 Å². The molecular formula is C14H18O4S. The van der Waals surface area contributed by atoms with Crippen molar-refractivity contribution in [2.45, 2.75) is 25.7 Å². The van der Waals surface area contributed by atoms with Crippen LogP contribution in [-0.4, -0.2) is 27.2 Å². The summed E-state index contributed by atoms with van der Waals surface area (Å²) < 4.78 is 27.6. The fourth-order valence-corrected chi connectivity index (χ4v) is 2.19. The maximum atomic E-state index is 11.6. The van der Waals surface area contributed by atoms with Crippen molar-refractivity contribution in [3.8, 4) is 0 Å². The van der Waals surface area contributed by atoms with Gasteiger partial charge in [-0.3, -0.25) is 0 Å². The first-order valence-electron chi connectivity index (χ1n) is 5.92. The van der Waals surface area contributed by atoms with Crippen molar-refractivity contribution < 1.29 is 17.9 Å². The Morgan fingerprint density at radius 1 is 1.16 bits per heavy atom. The van der Waals surface area contributed by atoms with Gasteiger partial charge in [0.15, 0.2) is 9.84 Å². The molecule has 104 valence electrons. The average molecular weight is 282 g/mol. The van der Waals surface area contributed by atoms with Crippen molar-refractivity contribution >= 4 is 21.4 Å². The smallest absolute Gasteiger partial charge is 0.333 e. The predicted molar refractivity (Wildman–Crippen MR) is 74.5 cm³/mol. The van der Waals surface area contributed by atoms with E-state index in [0.29, 0.717) is 12.2 Å². The van der Waals surface area contributed by atoms with Gasteiger partial charge in [-0.2, -0.15) is 0 Å². The fourth-order valence-electron chi connectivity index (χ4n) is 1.56. The number of benzene rings is 1. The van der Waals surface area contributed by atoms with Crippen LogP contribution in [-0.2, 0) is 19.4 Å². The van der Waals surface area contributed by atoms with E-state index < -0.39 is 9.84 Å². The van der Waals surface area contributed by atoms with Gasteiger partial charge in [-0.1, -0.05) is 12.1 Å². The summed E-state index contributed by atoms with van der Waals surface area (Å²) >= 11 is 0. The van der Waals surface area contributed by atoms with Gasteiger partial charge >= 0.3 is 5.97 Å². The second-order valence-corrected chi connectivity index (χ2v) is 6.28. The number of esters is 1. The van der Waals surface area contributed by atoms with Gasteiger partial charge in [0.05, 0.1) is 11.5 Å². The molecule has 0 bridgehead atoms. The van der Waals surface area contributed by atoms with Crippen LogP contribution in [0.1, 0.15) is 26.3 Å². The molecule has 0 amide bonds. The first-order chi connectivity index (χ1) is 8.77. The van der Waals surface area contributed by atoms with Crippen LogP contribution < -0.4 is 0 Å². The lowest BCUT2D eigenvalue weighted by Crippen LogP contribution is -2.06. The summed E-state index contributed by atoms with van der Waals surface area (Å²) in [4.78, 5) is 11.9. The molecule has 0 aromatic heterocycles. The summed E-state index contributed by atoms with van der Waals surface area (Å²) in [6.45, 7) is 5.58. The summed E-state index contributed by atoms with van der Waals surface area (Å²) in [5, 5.41) is 0. The predicted octanol–water partition coefficient (Wildman–Crippen LogP) is 2.45. The number of rotatable bonds is 4. The lowest BCUT2D eigenvalue weighted by Gasteiger charge is -2.08. The van der Waals surface area contributed by atoms with E-state index in [9.17, 15) is 13.2 Å². The van der Waals surface area contributed by atoms with Crippen molar-refractivity contribution in [3.05, 3.63) is 35.4 Å². The molecule has 0 aliphatic rings. The standard InChI is InChI=1S/C14H18O4S/c1-5-18-14(15)11(3)10(2)12-6-8-13(9-7-12)19(4,16)17/h6-9H,5H2,1-4H3/b11-10-. The number of allylic oxidation sites excluding steroid dienone is 1. The molecule has 0 heterocycles. The van der Waals surface area contributed by atoms with Crippen molar-refractivity contribution in [2.75, 3.05) is 12.9 Å². The molecule has 0 aliphatic heterocycles. The molecule has 0 fully saturated rings. The Bertz CT molecular complexity index is 595. The van der Waals surface area contributed by atoms with E-state index in [1.54, 1.807) is 26.0 Å². The Balaban J connectivity index is 3.11. The first kappa shape index (κ1) is 15.4. The van der Waals surface area contributed by atoms with Gasteiger partial charge in [0.1, 0.15) is 0 Å². The Kier molecular flexibility index (Phi) is 4.89. The number of hydrogen-bond donors (Lipinski definition) is 0. The molecule has 0 unspecified atom stereocenters. The minimum Gasteiger partial charge on any atom is -0.463 e. The van der Waals surface area contributed by atoms with Crippen molar-refractivity contribution in [2.24, 2.45) is 0 Å². The second kappa shape index (κ2) is 6.02. The Morgan fingerprint density at radius 3 is 2.11 bits per heavy atom. The molecule has 4 nitrogen and oxygen atoms in total. The van der Waals surface area contributed by atoms with Crippen LogP contribution in [0.5, 0.6) is 0 Å². The van der Waals surface area contributed by atoms with Gasteiger partial charge < -0.3 is 4.74 Å². The third-order valence-corrected chi connectivity index (χ3v) is 3.99. The number of hydrogen-bond acceptors (Lipinski definition) is 4. The molecule has 0 aliphatic carbocycles. The summed E-state index contributed by atoms with van der Waals surface area (Å²) in [6, 6.07) is 6.45. The maximum Gasteiger partial charge on any atom is 0.333 e. The first-order valence-corrected chi connectivity index (χ1v) is 7.81. The van der Waals surface area contributed by atoms with Crippen LogP contribution in [0.15, 0.2) is 34.7 Å². The van der Waals surface area contributed by atoms with Crippen molar-refractivity contribution in [1.29, 1.82) is 0 Å². The monoisotopic (exact) mass is 282 g/mol. The normalized spacial score (nSPS) is 12.8. The number of carbonyl (C=O) groups excluding carboxylic acids is 1. The quantitative estimate of drug-likeness (QED) is 0.628. The average Bonchev–Trinajstić information content (AvgIpc) is 2.36. The zero-order chi connectivity index (χ0) is 14.6. The molecule has 0 radical (unpaired) electrons. The van der Waals surface area contributed by atoms with Crippen molar-refractivity contribution in [3.63, 3.8) is 0 Å². The second-order valence-electron chi connectivity index (χ2n) is 4.27. The van der Waals surface area contributed by atoms with E-state index in [2.05, 4.69) is 0 Å². The van der Waals surface area contributed by atoms with E-state index in [0.717, 1.165) is 17.4 Å². The molecule has 0 saturated carbocycles. The molecule has 0 atom stereocenters. The SMILES string of the molecule is CCOC(=O)/C(C)=C(/C)c1ccc(S(C)(=O)=O)cc1. The third kappa shape index (κ3) is 3.92. The molecule has 0 saturated heterocycles. The molecule has 0 spiro atoms. The van der Waals surface area contributed by atoms with E-state index in [1.807, 2.05) is 6.92 Å². The summed E-state index contributed by atoms with van der Waals surface area (Å²) in [6.07, 6.45) is 1.16. The van der Waals surface area contributed by atoms with E-state index in [-0.39, 0.29) is 10.9 Å². The van der Waals surface area contributed by atoms with Gasteiger partial charge in [0, 0.05) is 11.8 Å². The maximum absolute atomic E-state index is 11.6. The molecule has 1 rings (SSSR count). The fraction of sp³-hybridized carbons (Fsp3) is 0.357. The molecular weight excluding hydrogens is 264 g/mol. The largest absolute Gasteiger partial charge is 0.463 e. The third-order valence-electron chi connectivity index (χ3n) is 2.86. The minimum absolute atomic E-state index is 0.262. The number of ether oxygens (including phenoxy) is 1. The highest BCUT2D eigenvalue weighted by atomic mass is 32.2. The molecule has 0 N–H and O–H groups in total. The summed E-state index contributed by atoms with van der Waals surface area (Å²) in [7, 11) is -3.20. The Labute approximate surface area is 114 Å². The van der Waals surface area contributed by atoms with E-state index >= 15 is 0 Å². The highest BCUT2D eigenvalue weighted by Crippen LogP contribution is 2.21. The highest BCUT2D eigenvalue weighted by molar-refractivity contribution is 7.90. The van der Waals surface area contributed by atoms with Gasteiger partial charge in [0.2, 0.25) is 0 Å². The lowest BCUT2D eigenvalue weighted by atomic mass is 10.0. The molecule has 1 aromatic rings. The van der Waals surface area contributed by atoms with Crippen LogP contribution in [0.4, 0.5) is 0 Å². The number of carbonyl (C=O) groups is 1. The number of sulfone groups is 1. The van der Waals surface area contributed by atoms with Crippen molar-refractivity contribution in [1.82, 2.24) is 0 Å². The summed E-state index contributed by atoms with van der Waals surface area (Å²) in [5.41, 5.74) is 2.10. The van der Waals surface area contributed by atoms with Crippen LogP contribution >= 0.6 is 0 Å². The van der Waals surface area contributed by atoms with Crippen LogP contribution in [0.2, 0.25) is 0 Å².